The van der Waals surface area contributed by atoms with Gasteiger partial charge in [0.1, 0.15) is 0 Å². The number of hydrogen-bond acceptors (Lipinski definition) is 5. The SMILES string of the molecule is CCOC(=O)CNC(C)C(=O)NC(=O)NC. The third kappa shape index (κ3) is 5.97. The normalized spacial score (nSPS) is 11.4. The number of urea groups is 1. The number of hydrogen-bond donors (Lipinski definition) is 3. The summed E-state index contributed by atoms with van der Waals surface area (Å²) in [6.07, 6.45) is 0. The molecule has 3 amide bonds. The molecule has 3 N–H and O–H groups in total. The van der Waals surface area contributed by atoms with E-state index < -0.39 is 23.9 Å². The Morgan fingerprint density at radius 3 is 2.44 bits per heavy atom. The van der Waals surface area contributed by atoms with Crippen molar-refractivity contribution in [3.8, 4) is 0 Å². The van der Waals surface area contributed by atoms with Crippen molar-refractivity contribution in [1.82, 2.24) is 16.0 Å². The van der Waals surface area contributed by atoms with Crippen molar-refractivity contribution in [2.24, 2.45) is 0 Å². The Labute approximate surface area is 93.9 Å². The zero-order valence-corrected chi connectivity index (χ0v) is 9.62. The van der Waals surface area contributed by atoms with E-state index in [2.05, 4.69) is 20.7 Å². The van der Waals surface area contributed by atoms with Crippen LogP contribution in [-0.2, 0) is 14.3 Å². The molecule has 7 nitrogen and oxygen atoms in total. The molecule has 0 aliphatic heterocycles. The molecular formula is C9H17N3O4. The van der Waals surface area contributed by atoms with E-state index in [1.54, 1.807) is 6.92 Å². The van der Waals surface area contributed by atoms with Gasteiger partial charge in [0.05, 0.1) is 19.2 Å². The van der Waals surface area contributed by atoms with E-state index >= 15 is 0 Å². The Kier molecular flexibility index (Phi) is 6.86. The molecule has 0 saturated carbocycles. The Bertz CT molecular complexity index is 267. The van der Waals surface area contributed by atoms with Crippen molar-refractivity contribution in [2.45, 2.75) is 19.9 Å². The highest BCUT2D eigenvalue weighted by atomic mass is 16.5. The fourth-order valence-corrected chi connectivity index (χ4v) is 0.824. The monoisotopic (exact) mass is 231 g/mol. The van der Waals surface area contributed by atoms with Gasteiger partial charge in [-0.3, -0.25) is 20.2 Å². The summed E-state index contributed by atoms with van der Waals surface area (Å²) in [5, 5.41) is 6.96. The first-order valence-electron chi connectivity index (χ1n) is 4.92. The van der Waals surface area contributed by atoms with Gasteiger partial charge >= 0.3 is 12.0 Å². The summed E-state index contributed by atoms with van der Waals surface area (Å²) in [6, 6.07) is -1.24. The Morgan fingerprint density at radius 2 is 1.94 bits per heavy atom. The minimum Gasteiger partial charge on any atom is -0.465 e. The van der Waals surface area contributed by atoms with E-state index in [-0.39, 0.29) is 6.54 Å². The first kappa shape index (κ1) is 14.4. The third-order valence-corrected chi connectivity index (χ3v) is 1.71. The highest BCUT2D eigenvalue weighted by Gasteiger charge is 2.15. The van der Waals surface area contributed by atoms with Crippen LogP contribution in [0.1, 0.15) is 13.8 Å². The molecule has 1 unspecified atom stereocenters. The first-order chi connectivity index (χ1) is 7.51. The van der Waals surface area contributed by atoms with Crippen molar-refractivity contribution < 1.29 is 19.1 Å². The molecule has 0 aromatic carbocycles. The van der Waals surface area contributed by atoms with E-state index in [0.717, 1.165) is 0 Å². The third-order valence-electron chi connectivity index (χ3n) is 1.71. The summed E-state index contributed by atoms with van der Waals surface area (Å²) in [6.45, 7) is 3.45. The average Bonchev–Trinajstić information content (AvgIpc) is 2.25. The summed E-state index contributed by atoms with van der Waals surface area (Å²) in [7, 11) is 1.40. The van der Waals surface area contributed by atoms with Gasteiger partial charge in [0, 0.05) is 7.05 Å². The second-order valence-electron chi connectivity index (χ2n) is 2.98. The second-order valence-corrected chi connectivity index (χ2v) is 2.98. The highest BCUT2D eigenvalue weighted by Crippen LogP contribution is 1.83. The van der Waals surface area contributed by atoms with Crippen LogP contribution in [0, 0.1) is 0 Å². The predicted octanol–water partition coefficient (Wildman–Crippen LogP) is -1.02. The Hall–Kier alpha value is -1.63. The summed E-state index contributed by atoms with van der Waals surface area (Å²) >= 11 is 0. The molecule has 0 heterocycles. The van der Waals surface area contributed by atoms with Crippen LogP contribution in [0.4, 0.5) is 4.79 Å². The van der Waals surface area contributed by atoms with Crippen molar-refractivity contribution in [1.29, 1.82) is 0 Å². The van der Waals surface area contributed by atoms with Crippen LogP contribution in [0.3, 0.4) is 0 Å². The molecule has 92 valence electrons. The molecule has 0 rings (SSSR count). The molecule has 0 fully saturated rings. The molecule has 0 aliphatic carbocycles. The number of carbonyl (C=O) groups excluding carboxylic acids is 3. The summed E-state index contributed by atoms with van der Waals surface area (Å²) in [5.74, 6) is -0.953. The lowest BCUT2D eigenvalue weighted by atomic mass is 10.3. The molecule has 16 heavy (non-hydrogen) atoms. The molecule has 0 saturated heterocycles. The Balaban J connectivity index is 3.87. The minimum absolute atomic E-state index is 0.0732. The molecule has 0 spiro atoms. The maximum atomic E-state index is 11.3. The maximum Gasteiger partial charge on any atom is 0.321 e. The van der Waals surface area contributed by atoms with Gasteiger partial charge < -0.3 is 10.1 Å². The molecule has 0 radical (unpaired) electrons. The number of carbonyl (C=O) groups is 3. The quantitative estimate of drug-likeness (QED) is 0.526. The summed E-state index contributed by atoms with van der Waals surface area (Å²) < 4.78 is 4.66. The van der Waals surface area contributed by atoms with E-state index in [9.17, 15) is 14.4 Å². The van der Waals surface area contributed by atoms with Crippen molar-refractivity contribution in [3.05, 3.63) is 0 Å². The number of ether oxygens (including phenoxy) is 1. The minimum atomic E-state index is -0.651. The van der Waals surface area contributed by atoms with Gasteiger partial charge in [-0.25, -0.2) is 4.79 Å². The van der Waals surface area contributed by atoms with Gasteiger partial charge in [0.2, 0.25) is 5.91 Å². The molecule has 1 atom stereocenters. The first-order valence-corrected chi connectivity index (χ1v) is 4.92. The van der Waals surface area contributed by atoms with E-state index in [4.69, 9.17) is 0 Å². The van der Waals surface area contributed by atoms with Crippen LogP contribution < -0.4 is 16.0 Å². The number of amides is 3. The fourth-order valence-electron chi connectivity index (χ4n) is 0.824. The summed E-state index contributed by atoms with van der Waals surface area (Å²) in [4.78, 5) is 33.1. The standard InChI is InChI=1S/C9H17N3O4/c1-4-16-7(13)5-11-6(2)8(14)12-9(15)10-3/h6,11H,4-5H2,1-3H3,(H2,10,12,14,15). The lowest BCUT2D eigenvalue weighted by Crippen LogP contribution is -2.48. The molecule has 7 heteroatoms. The van der Waals surface area contributed by atoms with E-state index in [1.165, 1.54) is 14.0 Å². The lowest BCUT2D eigenvalue weighted by molar-refractivity contribution is -0.142. The topological polar surface area (TPSA) is 96.5 Å². The maximum absolute atomic E-state index is 11.3. The van der Waals surface area contributed by atoms with Crippen molar-refractivity contribution >= 4 is 17.9 Å². The predicted molar refractivity (Wildman–Crippen MR) is 56.7 cm³/mol. The van der Waals surface area contributed by atoms with E-state index in [1.807, 2.05) is 0 Å². The van der Waals surface area contributed by atoms with Gasteiger partial charge in [-0.2, -0.15) is 0 Å². The number of nitrogens with one attached hydrogen (secondary N) is 3. The number of rotatable bonds is 5. The van der Waals surface area contributed by atoms with Crippen molar-refractivity contribution in [3.63, 3.8) is 0 Å². The molecule has 0 aromatic rings. The molecule has 0 bridgehead atoms. The van der Waals surface area contributed by atoms with Gasteiger partial charge in [-0.15, -0.1) is 0 Å². The van der Waals surface area contributed by atoms with Gasteiger partial charge in [0.15, 0.2) is 0 Å². The zero-order chi connectivity index (χ0) is 12.6. The summed E-state index contributed by atoms with van der Waals surface area (Å²) in [5.41, 5.74) is 0. The van der Waals surface area contributed by atoms with Crippen LogP contribution in [0.2, 0.25) is 0 Å². The van der Waals surface area contributed by atoms with Crippen LogP contribution in [0.5, 0.6) is 0 Å². The Morgan fingerprint density at radius 1 is 1.31 bits per heavy atom. The van der Waals surface area contributed by atoms with Gasteiger partial charge in [0.25, 0.3) is 0 Å². The largest absolute Gasteiger partial charge is 0.465 e. The van der Waals surface area contributed by atoms with Gasteiger partial charge in [-0.1, -0.05) is 0 Å². The van der Waals surface area contributed by atoms with Crippen LogP contribution >= 0.6 is 0 Å². The molecule has 0 aliphatic rings. The molecule has 0 aromatic heterocycles. The lowest BCUT2D eigenvalue weighted by Gasteiger charge is -2.12. The highest BCUT2D eigenvalue weighted by molar-refractivity contribution is 5.96. The number of esters is 1. The average molecular weight is 231 g/mol. The fraction of sp³-hybridized carbons (Fsp3) is 0.667. The zero-order valence-electron chi connectivity index (χ0n) is 9.62. The van der Waals surface area contributed by atoms with Gasteiger partial charge in [-0.05, 0) is 13.8 Å². The van der Waals surface area contributed by atoms with Crippen LogP contribution in [0.15, 0.2) is 0 Å². The van der Waals surface area contributed by atoms with Crippen LogP contribution in [0.25, 0.3) is 0 Å². The van der Waals surface area contributed by atoms with Crippen molar-refractivity contribution in [2.75, 3.05) is 20.2 Å². The van der Waals surface area contributed by atoms with E-state index in [0.29, 0.717) is 6.61 Å². The molecular weight excluding hydrogens is 214 g/mol. The smallest absolute Gasteiger partial charge is 0.321 e. The second kappa shape index (κ2) is 7.63. The number of imide groups is 1. The van der Waals surface area contributed by atoms with Crippen LogP contribution in [-0.4, -0.2) is 44.1 Å².